The summed E-state index contributed by atoms with van der Waals surface area (Å²) in [4.78, 5) is 25.4. The number of aliphatic hydroxyl groups excluding tert-OH is 1. The quantitative estimate of drug-likeness (QED) is 0.534. The second-order valence-corrected chi connectivity index (χ2v) is 7.22. The number of rotatable bonds is 6. The summed E-state index contributed by atoms with van der Waals surface area (Å²) in [5.41, 5.74) is -0.697. The summed E-state index contributed by atoms with van der Waals surface area (Å²) >= 11 is 11.9. The van der Waals surface area contributed by atoms with Crippen LogP contribution in [0.3, 0.4) is 0 Å². The number of nitrogens with zero attached hydrogens (tertiary/aromatic N) is 2. The molecule has 0 spiro atoms. The molecule has 2 aromatic carbocycles. The van der Waals surface area contributed by atoms with E-state index in [1.807, 2.05) is 0 Å². The summed E-state index contributed by atoms with van der Waals surface area (Å²) in [6.07, 6.45) is -8.98. The minimum absolute atomic E-state index is 0.145. The average Bonchev–Trinajstić information content (AvgIpc) is 2.73. The van der Waals surface area contributed by atoms with E-state index in [9.17, 15) is 22.8 Å². The maximum absolute atomic E-state index is 13.8. The van der Waals surface area contributed by atoms with Crippen LogP contribution in [0.25, 0.3) is 16.9 Å². The Morgan fingerprint density at radius 1 is 1.03 bits per heavy atom. The van der Waals surface area contributed by atoms with Crippen LogP contribution >= 0.6 is 23.2 Å². The number of hydrogen-bond donors (Lipinski definition) is 2. The fourth-order valence-electron chi connectivity index (χ4n) is 2.62. The molecule has 0 aliphatic heterocycles. The molecule has 0 bridgehead atoms. The van der Waals surface area contributed by atoms with Gasteiger partial charge in [0.2, 0.25) is 6.30 Å². The van der Waals surface area contributed by atoms with Crippen molar-refractivity contribution in [3.8, 4) is 16.9 Å². The van der Waals surface area contributed by atoms with E-state index in [1.54, 1.807) is 41.7 Å². The van der Waals surface area contributed by atoms with E-state index < -0.39 is 35.9 Å². The van der Waals surface area contributed by atoms with Gasteiger partial charge in [0, 0.05) is 15.6 Å². The number of hydrogen-bond acceptors (Lipinski definition) is 4. The third-order valence-corrected chi connectivity index (χ3v) is 4.66. The first-order valence-corrected chi connectivity index (χ1v) is 9.50. The Bertz CT molecular complexity index is 1160. The Labute approximate surface area is 183 Å². The topological polar surface area (TPSA) is 84.2 Å². The zero-order valence-corrected chi connectivity index (χ0v) is 17.0. The molecular formula is C20H14Cl2F3N3O3. The van der Waals surface area contributed by atoms with Crippen LogP contribution in [-0.2, 0) is 0 Å². The number of amides is 1. The van der Waals surface area contributed by atoms with Crippen molar-refractivity contribution in [2.45, 2.75) is 18.8 Å². The molecule has 0 fully saturated rings. The lowest BCUT2D eigenvalue weighted by Gasteiger charge is -2.17. The highest BCUT2D eigenvalue weighted by Crippen LogP contribution is 2.21. The molecule has 0 aliphatic rings. The van der Waals surface area contributed by atoms with Gasteiger partial charge in [0.25, 0.3) is 17.9 Å². The van der Waals surface area contributed by atoms with E-state index in [4.69, 9.17) is 28.3 Å². The number of benzene rings is 2. The second kappa shape index (κ2) is 9.51. The Morgan fingerprint density at radius 2 is 1.71 bits per heavy atom. The van der Waals surface area contributed by atoms with Crippen molar-refractivity contribution in [2.24, 2.45) is 0 Å². The van der Waals surface area contributed by atoms with E-state index in [2.05, 4.69) is 5.10 Å². The zero-order valence-electron chi connectivity index (χ0n) is 15.5. The predicted octanol–water partition coefficient (Wildman–Crippen LogP) is 3.86. The van der Waals surface area contributed by atoms with Crippen molar-refractivity contribution in [3.05, 3.63) is 80.6 Å². The maximum atomic E-state index is 13.8. The van der Waals surface area contributed by atoms with Gasteiger partial charge in [-0.15, -0.1) is 0 Å². The smallest absolute Gasteiger partial charge is 0.284 e. The predicted molar refractivity (Wildman–Crippen MR) is 110 cm³/mol. The van der Waals surface area contributed by atoms with E-state index in [0.717, 1.165) is 10.7 Å². The first-order chi connectivity index (χ1) is 14.7. The van der Waals surface area contributed by atoms with Gasteiger partial charge in [-0.2, -0.15) is 9.78 Å². The van der Waals surface area contributed by atoms with Crippen molar-refractivity contribution >= 4 is 29.1 Å². The number of aliphatic hydroxyl groups is 1. The number of carbonyl (C=O) groups excluding carboxylic acids is 1. The highest BCUT2D eigenvalue weighted by molar-refractivity contribution is 6.31. The molecule has 2 N–H and O–H groups in total. The van der Waals surface area contributed by atoms with Crippen molar-refractivity contribution in [3.63, 3.8) is 0 Å². The largest absolute Gasteiger partial charge is 0.382 e. The lowest BCUT2D eigenvalue weighted by molar-refractivity contribution is -0.0551. The Hall–Kier alpha value is -2.88. The van der Waals surface area contributed by atoms with E-state index in [-0.39, 0.29) is 16.4 Å². The molecule has 6 nitrogen and oxygen atoms in total. The molecule has 0 radical (unpaired) electrons. The molecule has 3 aromatic rings. The zero-order chi connectivity index (χ0) is 22.7. The third kappa shape index (κ3) is 5.25. The first-order valence-electron chi connectivity index (χ1n) is 8.75. The first kappa shape index (κ1) is 22.8. The van der Waals surface area contributed by atoms with Gasteiger partial charge in [-0.1, -0.05) is 41.4 Å². The Balaban J connectivity index is 2.12. The van der Waals surface area contributed by atoms with Gasteiger partial charge in [-0.05, 0) is 36.4 Å². The summed E-state index contributed by atoms with van der Waals surface area (Å²) in [7, 11) is 0. The van der Waals surface area contributed by atoms with E-state index >= 15 is 0 Å². The maximum Gasteiger partial charge on any atom is 0.284 e. The van der Waals surface area contributed by atoms with Crippen molar-refractivity contribution in [2.75, 3.05) is 0 Å². The summed E-state index contributed by atoms with van der Waals surface area (Å²) < 4.78 is 39.7. The molecule has 11 heteroatoms. The number of alkyl halides is 3. The van der Waals surface area contributed by atoms with Gasteiger partial charge in [-0.25, -0.2) is 13.2 Å². The normalized spacial score (nSPS) is 13.1. The minimum Gasteiger partial charge on any atom is -0.382 e. The monoisotopic (exact) mass is 471 g/mol. The van der Waals surface area contributed by atoms with Crippen LogP contribution in [0.5, 0.6) is 0 Å². The molecular weight excluding hydrogens is 458 g/mol. The van der Waals surface area contributed by atoms with Gasteiger partial charge < -0.3 is 10.4 Å². The lowest BCUT2D eigenvalue weighted by Crippen LogP contribution is -2.45. The third-order valence-electron chi connectivity index (χ3n) is 4.18. The van der Waals surface area contributed by atoms with Gasteiger partial charge in [0.15, 0.2) is 6.10 Å². The molecule has 1 aromatic heterocycles. The van der Waals surface area contributed by atoms with Gasteiger partial charge in [0.05, 0.1) is 11.4 Å². The van der Waals surface area contributed by atoms with Crippen LogP contribution in [0.15, 0.2) is 59.4 Å². The van der Waals surface area contributed by atoms with Crippen LogP contribution in [0.2, 0.25) is 10.0 Å². The average molecular weight is 472 g/mol. The minimum atomic E-state index is -3.43. The fraction of sp³-hybridized carbons (Fsp3) is 0.150. The summed E-state index contributed by atoms with van der Waals surface area (Å²) in [5.74, 6) is -1.30. The molecule has 162 valence electrons. The summed E-state index contributed by atoms with van der Waals surface area (Å²) in [5, 5.41) is 15.6. The SMILES string of the molecule is O=C(NC(F)[C@@H](O)C(F)F)c1cc(-c2ccc(Cl)cc2)nn(-c2cccc(Cl)c2)c1=O. The van der Waals surface area contributed by atoms with Crippen LogP contribution in [0, 0.1) is 0 Å². The highest BCUT2D eigenvalue weighted by atomic mass is 35.5. The number of halogens is 5. The van der Waals surface area contributed by atoms with E-state index in [1.165, 1.54) is 12.1 Å². The van der Waals surface area contributed by atoms with Gasteiger partial charge in [0.1, 0.15) is 5.56 Å². The lowest BCUT2D eigenvalue weighted by atomic mass is 10.1. The van der Waals surface area contributed by atoms with Gasteiger partial charge in [-0.3, -0.25) is 9.59 Å². The van der Waals surface area contributed by atoms with Crippen molar-refractivity contribution in [1.29, 1.82) is 0 Å². The van der Waals surface area contributed by atoms with Crippen LogP contribution in [0.4, 0.5) is 13.2 Å². The van der Waals surface area contributed by atoms with Crippen molar-refractivity contribution < 1.29 is 23.1 Å². The van der Waals surface area contributed by atoms with Crippen LogP contribution in [0.1, 0.15) is 10.4 Å². The summed E-state index contributed by atoms with van der Waals surface area (Å²) in [6.45, 7) is 0. The Kier molecular flexibility index (Phi) is 6.99. The fourth-order valence-corrected chi connectivity index (χ4v) is 2.93. The number of aromatic nitrogens is 2. The molecule has 31 heavy (non-hydrogen) atoms. The molecule has 0 saturated heterocycles. The summed E-state index contributed by atoms with van der Waals surface area (Å²) in [6, 6.07) is 13.4. The van der Waals surface area contributed by atoms with Crippen molar-refractivity contribution in [1.82, 2.24) is 15.1 Å². The van der Waals surface area contributed by atoms with Crippen LogP contribution < -0.4 is 10.9 Å². The molecule has 0 aliphatic carbocycles. The molecule has 2 atom stereocenters. The standard InChI is InChI=1S/C20H14Cl2F3N3O3/c21-11-6-4-10(5-7-11)15-9-14(19(30)26-18(25)16(29)17(23)24)20(31)28(27-15)13-3-1-2-12(22)8-13/h1-9,16-18,29H,(H,26,30)/t16-,18?/m0/s1. The molecule has 1 heterocycles. The van der Waals surface area contributed by atoms with E-state index in [0.29, 0.717) is 10.6 Å². The Morgan fingerprint density at radius 3 is 2.32 bits per heavy atom. The highest BCUT2D eigenvalue weighted by Gasteiger charge is 2.30. The molecule has 1 amide bonds. The molecule has 0 saturated carbocycles. The van der Waals surface area contributed by atoms with Crippen LogP contribution in [-0.4, -0.2) is 39.6 Å². The molecule has 1 unspecified atom stereocenters. The number of nitrogens with one attached hydrogen (secondary N) is 1. The van der Waals surface area contributed by atoms with Gasteiger partial charge >= 0.3 is 0 Å². The second-order valence-electron chi connectivity index (χ2n) is 6.35. The molecule has 3 rings (SSSR count). The number of carbonyl (C=O) groups is 1.